The number of halogens is 1. The molecule has 0 aliphatic heterocycles. The second kappa shape index (κ2) is 7.14. The maximum atomic E-state index is 11.9. The van der Waals surface area contributed by atoms with Crippen molar-refractivity contribution in [3.8, 4) is 5.75 Å². The molecule has 0 aliphatic rings. The number of nitrogens with one attached hydrogen (secondary N) is 1. The Labute approximate surface area is 129 Å². The molecule has 4 heteroatoms. The van der Waals surface area contributed by atoms with Gasteiger partial charge >= 0.3 is 0 Å². The number of hydrogen-bond donors (Lipinski definition) is 1. The van der Waals surface area contributed by atoms with E-state index in [0.717, 1.165) is 5.56 Å². The number of hydrogen-bond acceptors (Lipinski definition) is 2. The van der Waals surface area contributed by atoms with Crippen molar-refractivity contribution in [3.63, 3.8) is 0 Å². The zero-order valence-corrected chi connectivity index (χ0v) is 12.9. The van der Waals surface area contributed by atoms with E-state index in [1.165, 1.54) is 5.56 Å². The Balaban J connectivity index is 1.85. The molecule has 2 aromatic carbocycles. The molecule has 3 nitrogen and oxygen atoms in total. The van der Waals surface area contributed by atoms with Crippen LogP contribution in [-0.2, 0) is 4.79 Å². The first-order valence-corrected chi connectivity index (χ1v) is 7.16. The average Bonchev–Trinajstić information content (AvgIpc) is 2.46. The lowest BCUT2D eigenvalue weighted by Crippen LogP contribution is -2.31. The normalized spacial score (nSPS) is 11.8. The molecule has 0 aromatic heterocycles. The van der Waals surface area contributed by atoms with Crippen LogP contribution in [0, 0.1) is 6.92 Å². The summed E-state index contributed by atoms with van der Waals surface area (Å²) in [6, 6.07) is 15.0. The summed E-state index contributed by atoms with van der Waals surface area (Å²) < 4.78 is 5.41. The van der Waals surface area contributed by atoms with Gasteiger partial charge in [0.05, 0.1) is 6.04 Å². The van der Waals surface area contributed by atoms with Crippen molar-refractivity contribution in [3.05, 3.63) is 64.7 Å². The van der Waals surface area contributed by atoms with Gasteiger partial charge in [-0.05, 0) is 37.6 Å². The third-order valence-corrected chi connectivity index (χ3v) is 3.36. The fourth-order valence-electron chi connectivity index (χ4n) is 1.93. The first kappa shape index (κ1) is 15.4. The number of carbonyl (C=O) groups is 1. The Kier molecular flexibility index (Phi) is 5.23. The van der Waals surface area contributed by atoms with E-state index in [9.17, 15) is 4.79 Å². The molecule has 0 saturated heterocycles. The van der Waals surface area contributed by atoms with Gasteiger partial charge in [-0.2, -0.15) is 0 Å². The summed E-state index contributed by atoms with van der Waals surface area (Å²) in [7, 11) is 0. The first-order chi connectivity index (χ1) is 10.0. The van der Waals surface area contributed by atoms with Gasteiger partial charge in [-0.25, -0.2) is 0 Å². The van der Waals surface area contributed by atoms with Gasteiger partial charge < -0.3 is 10.1 Å². The molecule has 0 radical (unpaired) electrons. The van der Waals surface area contributed by atoms with E-state index in [1.807, 2.05) is 38.1 Å². The molecular weight excluding hydrogens is 286 g/mol. The van der Waals surface area contributed by atoms with E-state index in [-0.39, 0.29) is 18.6 Å². The summed E-state index contributed by atoms with van der Waals surface area (Å²) in [5.74, 6) is 0.420. The number of carbonyl (C=O) groups excluding carboxylic acids is 1. The van der Waals surface area contributed by atoms with Gasteiger partial charge in [0, 0.05) is 5.02 Å². The summed E-state index contributed by atoms with van der Waals surface area (Å²) in [4.78, 5) is 11.9. The molecule has 1 atom stereocenters. The minimum atomic E-state index is -0.164. The zero-order chi connectivity index (χ0) is 15.2. The van der Waals surface area contributed by atoms with E-state index in [4.69, 9.17) is 16.3 Å². The first-order valence-electron chi connectivity index (χ1n) is 6.79. The monoisotopic (exact) mass is 303 g/mol. The molecule has 21 heavy (non-hydrogen) atoms. The summed E-state index contributed by atoms with van der Waals surface area (Å²) in [6.07, 6.45) is 0. The van der Waals surface area contributed by atoms with E-state index < -0.39 is 0 Å². The van der Waals surface area contributed by atoms with Gasteiger partial charge in [-0.3, -0.25) is 4.79 Å². The van der Waals surface area contributed by atoms with Crippen LogP contribution < -0.4 is 10.1 Å². The molecule has 2 aromatic rings. The van der Waals surface area contributed by atoms with Gasteiger partial charge in [-0.1, -0.05) is 47.5 Å². The van der Waals surface area contributed by atoms with Gasteiger partial charge in [0.25, 0.3) is 5.91 Å². The molecule has 0 unspecified atom stereocenters. The number of aryl methyl sites for hydroxylation is 1. The van der Waals surface area contributed by atoms with Crippen LogP contribution in [0.3, 0.4) is 0 Å². The van der Waals surface area contributed by atoms with Crippen LogP contribution in [0.2, 0.25) is 5.02 Å². The van der Waals surface area contributed by atoms with Gasteiger partial charge in [0.15, 0.2) is 6.61 Å². The van der Waals surface area contributed by atoms with E-state index >= 15 is 0 Å². The summed E-state index contributed by atoms with van der Waals surface area (Å²) in [5, 5.41) is 3.49. The summed E-state index contributed by atoms with van der Waals surface area (Å²) >= 11 is 5.86. The Morgan fingerprint density at radius 2 is 1.95 bits per heavy atom. The minimum absolute atomic E-state index is 0.0312. The van der Waals surface area contributed by atoms with E-state index in [2.05, 4.69) is 5.32 Å². The lowest BCUT2D eigenvalue weighted by molar-refractivity contribution is -0.123. The van der Waals surface area contributed by atoms with Crippen LogP contribution in [0.1, 0.15) is 24.1 Å². The van der Waals surface area contributed by atoms with Gasteiger partial charge in [0.2, 0.25) is 0 Å². The molecule has 0 fully saturated rings. The number of rotatable bonds is 5. The molecular formula is C17H18ClNO2. The SMILES string of the molecule is Cc1ccc([C@H](C)NC(=O)COc2cccc(Cl)c2)cc1. The fraction of sp³-hybridized carbons (Fsp3) is 0.235. The summed E-state index contributed by atoms with van der Waals surface area (Å²) in [5.41, 5.74) is 2.26. The molecule has 110 valence electrons. The van der Waals surface area contributed by atoms with Crippen LogP contribution in [0.4, 0.5) is 0 Å². The molecule has 1 N–H and O–H groups in total. The molecule has 0 saturated carbocycles. The molecule has 1 amide bonds. The predicted molar refractivity (Wildman–Crippen MR) is 84.7 cm³/mol. The predicted octanol–water partition coefficient (Wildman–Crippen LogP) is 3.90. The summed E-state index contributed by atoms with van der Waals surface area (Å²) in [6.45, 7) is 3.95. The topological polar surface area (TPSA) is 38.3 Å². The highest BCUT2D eigenvalue weighted by Gasteiger charge is 2.10. The molecule has 0 aliphatic carbocycles. The van der Waals surface area contributed by atoms with Crippen molar-refractivity contribution in [2.24, 2.45) is 0 Å². The lowest BCUT2D eigenvalue weighted by Gasteiger charge is -2.15. The van der Waals surface area contributed by atoms with Crippen molar-refractivity contribution in [1.82, 2.24) is 5.32 Å². The molecule has 0 bridgehead atoms. The van der Waals surface area contributed by atoms with E-state index in [1.54, 1.807) is 24.3 Å². The largest absolute Gasteiger partial charge is 0.484 e. The maximum absolute atomic E-state index is 11.9. The standard InChI is InChI=1S/C17H18ClNO2/c1-12-6-8-14(9-7-12)13(2)19-17(20)11-21-16-5-3-4-15(18)10-16/h3-10,13H,11H2,1-2H3,(H,19,20)/t13-/m0/s1. The second-order valence-corrected chi connectivity index (χ2v) is 5.38. The van der Waals surface area contributed by atoms with Crippen LogP contribution >= 0.6 is 11.6 Å². The highest BCUT2D eigenvalue weighted by Crippen LogP contribution is 2.17. The van der Waals surface area contributed by atoms with Gasteiger partial charge in [-0.15, -0.1) is 0 Å². The van der Waals surface area contributed by atoms with Crippen molar-refractivity contribution in [2.45, 2.75) is 19.9 Å². The Bertz CT molecular complexity index is 610. The average molecular weight is 304 g/mol. The van der Waals surface area contributed by atoms with Crippen molar-refractivity contribution < 1.29 is 9.53 Å². The molecule has 0 heterocycles. The number of ether oxygens (including phenoxy) is 1. The van der Waals surface area contributed by atoms with Crippen LogP contribution in [0.15, 0.2) is 48.5 Å². The Morgan fingerprint density at radius 3 is 2.62 bits per heavy atom. The third-order valence-electron chi connectivity index (χ3n) is 3.12. The molecule has 2 rings (SSSR count). The van der Waals surface area contributed by atoms with Crippen LogP contribution in [-0.4, -0.2) is 12.5 Å². The smallest absolute Gasteiger partial charge is 0.258 e. The lowest BCUT2D eigenvalue weighted by atomic mass is 10.1. The van der Waals surface area contributed by atoms with Crippen molar-refractivity contribution in [2.75, 3.05) is 6.61 Å². The quantitative estimate of drug-likeness (QED) is 0.909. The van der Waals surface area contributed by atoms with Crippen molar-refractivity contribution >= 4 is 17.5 Å². The minimum Gasteiger partial charge on any atom is -0.484 e. The molecule has 0 spiro atoms. The maximum Gasteiger partial charge on any atom is 0.258 e. The highest BCUT2D eigenvalue weighted by molar-refractivity contribution is 6.30. The Hall–Kier alpha value is -2.00. The number of amides is 1. The van der Waals surface area contributed by atoms with E-state index in [0.29, 0.717) is 10.8 Å². The number of benzene rings is 2. The van der Waals surface area contributed by atoms with Gasteiger partial charge in [0.1, 0.15) is 5.75 Å². The fourth-order valence-corrected chi connectivity index (χ4v) is 2.11. The van der Waals surface area contributed by atoms with Crippen LogP contribution in [0.25, 0.3) is 0 Å². The highest BCUT2D eigenvalue weighted by atomic mass is 35.5. The Morgan fingerprint density at radius 1 is 1.24 bits per heavy atom. The second-order valence-electron chi connectivity index (χ2n) is 4.95. The van der Waals surface area contributed by atoms with Crippen molar-refractivity contribution in [1.29, 1.82) is 0 Å². The zero-order valence-electron chi connectivity index (χ0n) is 12.1. The third kappa shape index (κ3) is 4.80. The van der Waals surface area contributed by atoms with Crippen LogP contribution in [0.5, 0.6) is 5.75 Å².